The lowest BCUT2D eigenvalue weighted by molar-refractivity contribution is -0.134. The fraction of sp³-hybridized carbons (Fsp3) is 0.417. The highest BCUT2D eigenvalue weighted by Crippen LogP contribution is 2.27. The molecule has 0 radical (unpaired) electrons. The lowest BCUT2D eigenvalue weighted by Gasteiger charge is -2.37. The van der Waals surface area contributed by atoms with Gasteiger partial charge in [0.05, 0.1) is 4.90 Å². The molecule has 0 bridgehead atoms. The SMILES string of the molecule is CCN(CC)C(=O)[C@@H](NC(=O)c1ccc(F)cc1)C1CCN(S(=O)(=O)c2ccc(Cl)cc2)CC1. The van der Waals surface area contributed by atoms with Crippen LogP contribution in [0.5, 0.6) is 0 Å². The molecule has 2 aromatic carbocycles. The second-order valence-corrected chi connectivity index (χ2v) is 10.5. The van der Waals surface area contributed by atoms with Crippen LogP contribution in [0.2, 0.25) is 5.02 Å². The van der Waals surface area contributed by atoms with E-state index >= 15 is 0 Å². The summed E-state index contributed by atoms with van der Waals surface area (Å²) in [4.78, 5) is 27.9. The third-order valence-corrected chi connectivity index (χ3v) is 8.32. The molecule has 184 valence electrons. The van der Waals surface area contributed by atoms with Gasteiger partial charge in [-0.15, -0.1) is 0 Å². The molecule has 1 saturated heterocycles. The Morgan fingerprint density at radius 2 is 1.62 bits per heavy atom. The number of nitrogens with zero attached hydrogens (tertiary/aromatic N) is 2. The Bertz CT molecular complexity index is 1100. The third kappa shape index (κ3) is 5.95. The van der Waals surface area contributed by atoms with Crippen LogP contribution >= 0.6 is 11.6 Å². The quantitative estimate of drug-likeness (QED) is 0.589. The summed E-state index contributed by atoms with van der Waals surface area (Å²) in [5.41, 5.74) is 0.251. The Morgan fingerprint density at radius 1 is 1.06 bits per heavy atom. The number of benzene rings is 2. The minimum atomic E-state index is -3.69. The van der Waals surface area contributed by atoms with Crippen molar-refractivity contribution in [1.82, 2.24) is 14.5 Å². The van der Waals surface area contributed by atoms with E-state index in [9.17, 15) is 22.4 Å². The van der Waals surface area contributed by atoms with Crippen LogP contribution in [0.15, 0.2) is 53.4 Å². The number of hydrogen-bond acceptors (Lipinski definition) is 4. The fourth-order valence-corrected chi connectivity index (χ4v) is 5.74. The number of amides is 2. The maximum Gasteiger partial charge on any atom is 0.251 e. The fourth-order valence-electron chi connectivity index (χ4n) is 4.14. The van der Waals surface area contributed by atoms with Crippen molar-refractivity contribution in [1.29, 1.82) is 0 Å². The van der Waals surface area contributed by atoms with E-state index in [0.29, 0.717) is 31.0 Å². The second kappa shape index (κ2) is 11.3. The van der Waals surface area contributed by atoms with Crippen molar-refractivity contribution < 1.29 is 22.4 Å². The molecule has 0 saturated carbocycles. The van der Waals surface area contributed by atoms with Crippen molar-refractivity contribution in [3.63, 3.8) is 0 Å². The summed E-state index contributed by atoms with van der Waals surface area (Å²) >= 11 is 5.88. The first kappa shape index (κ1) is 26.1. The molecule has 0 aliphatic carbocycles. The molecule has 1 N–H and O–H groups in total. The molecule has 34 heavy (non-hydrogen) atoms. The van der Waals surface area contributed by atoms with Crippen LogP contribution in [-0.2, 0) is 14.8 Å². The Kier molecular flexibility index (Phi) is 8.67. The normalized spacial score (nSPS) is 16.1. The van der Waals surface area contributed by atoms with E-state index < -0.39 is 27.8 Å². The van der Waals surface area contributed by atoms with E-state index in [2.05, 4.69) is 5.32 Å². The van der Waals surface area contributed by atoms with Gasteiger partial charge in [-0.05, 0) is 81.1 Å². The third-order valence-electron chi connectivity index (χ3n) is 6.16. The standard InChI is InChI=1S/C24H29ClFN3O4S/c1-3-28(4-2)24(31)22(27-23(30)18-5-9-20(26)10-6-18)17-13-15-29(16-14-17)34(32,33)21-11-7-19(25)8-12-21/h5-12,17,22H,3-4,13-16H2,1-2H3,(H,27,30)/t22-/m0/s1. The second-order valence-electron chi connectivity index (χ2n) is 8.16. The summed E-state index contributed by atoms with van der Waals surface area (Å²) in [5.74, 6) is -1.38. The first-order valence-corrected chi connectivity index (χ1v) is 13.1. The zero-order chi connectivity index (χ0) is 24.9. The molecule has 10 heteroatoms. The number of piperidine rings is 1. The maximum absolute atomic E-state index is 13.3. The first-order chi connectivity index (χ1) is 16.2. The molecule has 3 rings (SSSR count). The van der Waals surface area contributed by atoms with Crippen molar-refractivity contribution in [3.8, 4) is 0 Å². The predicted octanol–water partition coefficient (Wildman–Crippen LogP) is 3.55. The van der Waals surface area contributed by atoms with Crippen molar-refractivity contribution in [2.45, 2.75) is 37.6 Å². The zero-order valence-corrected chi connectivity index (χ0v) is 20.8. The smallest absolute Gasteiger partial charge is 0.251 e. The number of nitrogens with one attached hydrogen (secondary N) is 1. The predicted molar refractivity (Wildman–Crippen MR) is 129 cm³/mol. The summed E-state index contributed by atoms with van der Waals surface area (Å²) < 4.78 is 40.7. The molecule has 1 aliphatic heterocycles. The highest BCUT2D eigenvalue weighted by molar-refractivity contribution is 7.89. The van der Waals surface area contributed by atoms with Gasteiger partial charge in [-0.2, -0.15) is 4.31 Å². The average Bonchev–Trinajstić information content (AvgIpc) is 2.84. The Balaban J connectivity index is 1.76. The number of halogens is 2. The molecule has 1 fully saturated rings. The highest BCUT2D eigenvalue weighted by atomic mass is 35.5. The molecule has 1 heterocycles. The van der Waals surface area contributed by atoms with E-state index in [1.54, 1.807) is 4.90 Å². The van der Waals surface area contributed by atoms with Gasteiger partial charge in [0, 0.05) is 36.8 Å². The number of hydrogen-bond donors (Lipinski definition) is 1. The van der Waals surface area contributed by atoms with E-state index in [1.165, 1.54) is 52.8 Å². The van der Waals surface area contributed by atoms with Gasteiger partial charge in [-0.25, -0.2) is 12.8 Å². The number of sulfonamides is 1. The van der Waals surface area contributed by atoms with Crippen LogP contribution in [0, 0.1) is 11.7 Å². The molecule has 0 aromatic heterocycles. The van der Waals surface area contributed by atoms with Crippen molar-refractivity contribution >= 4 is 33.4 Å². The van der Waals surface area contributed by atoms with Gasteiger partial charge < -0.3 is 10.2 Å². The zero-order valence-electron chi connectivity index (χ0n) is 19.2. The number of likely N-dealkylation sites (N-methyl/N-ethyl adjacent to an activating group) is 1. The summed E-state index contributed by atoms with van der Waals surface area (Å²) in [5, 5.41) is 3.28. The molecule has 7 nitrogen and oxygen atoms in total. The molecular formula is C24H29ClFN3O4S. The van der Waals surface area contributed by atoms with Crippen LogP contribution < -0.4 is 5.32 Å². The highest BCUT2D eigenvalue weighted by Gasteiger charge is 2.37. The van der Waals surface area contributed by atoms with Gasteiger partial charge in [-0.1, -0.05) is 11.6 Å². The Hall–Kier alpha value is -2.49. The van der Waals surface area contributed by atoms with E-state index in [4.69, 9.17) is 11.6 Å². The van der Waals surface area contributed by atoms with Gasteiger partial charge in [0.25, 0.3) is 5.91 Å². The number of rotatable bonds is 8. The lowest BCUT2D eigenvalue weighted by atomic mass is 9.89. The van der Waals surface area contributed by atoms with Gasteiger partial charge in [-0.3, -0.25) is 9.59 Å². The first-order valence-electron chi connectivity index (χ1n) is 11.3. The van der Waals surface area contributed by atoms with Crippen molar-refractivity contribution in [2.24, 2.45) is 5.92 Å². The van der Waals surface area contributed by atoms with Crippen molar-refractivity contribution in [3.05, 3.63) is 64.9 Å². The topological polar surface area (TPSA) is 86.8 Å². The van der Waals surface area contributed by atoms with E-state index in [1.807, 2.05) is 13.8 Å². The molecule has 1 aliphatic rings. The maximum atomic E-state index is 13.3. The number of carbonyl (C=O) groups excluding carboxylic acids is 2. The summed E-state index contributed by atoms with van der Waals surface area (Å²) in [6.45, 7) is 5.15. The van der Waals surface area contributed by atoms with Gasteiger partial charge in [0.15, 0.2) is 0 Å². The van der Waals surface area contributed by atoms with Gasteiger partial charge >= 0.3 is 0 Å². The minimum Gasteiger partial charge on any atom is -0.341 e. The van der Waals surface area contributed by atoms with Crippen LogP contribution in [0.3, 0.4) is 0 Å². The summed E-state index contributed by atoms with van der Waals surface area (Å²) in [6.07, 6.45) is 0.822. The number of carbonyl (C=O) groups is 2. The van der Waals surface area contributed by atoms with E-state index in [-0.39, 0.29) is 35.4 Å². The van der Waals surface area contributed by atoms with Gasteiger partial charge in [0.1, 0.15) is 11.9 Å². The molecule has 2 amide bonds. The largest absolute Gasteiger partial charge is 0.341 e. The van der Waals surface area contributed by atoms with Crippen LogP contribution in [-0.4, -0.2) is 61.7 Å². The van der Waals surface area contributed by atoms with Gasteiger partial charge in [0.2, 0.25) is 15.9 Å². The summed E-state index contributed by atoms with van der Waals surface area (Å²) in [6, 6.07) is 10.3. The monoisotopic (exact) mass is 509 g/mol. The molecule has 0 unspecified atom stereocenters. The van der Waals surface area contributed by atoms with Crippen LogP contribution in [0.4, 0.5) is 4.39 Å². The summed E-state index contributed by atoms with van der Waals surface area (Å²) in [7, 11) is -3.69. The minimum absolute atomic E-state index is 0.163. The average molecular weight is 510 g/mol. The Labute approximate surface area is 204 Å². The van der Waals surface area contributed by atoms with Crippen LogP contribution in [0.25, 0.3) is 0 Å². The Morgan fingerprint density at radius 3 is 2.15 bits per heavy atom. The van der Waals surface area contributed by atoms with E-state index in [0.717, 1.165) is 0 Å². The molecular weight excluding hydrogens is 481 g/mol. The lowest BCUT2D eigenvalue weighted by Crippen LogP contribution is -2.54. The molecule has 0 spiro atoms. The van der Waals surface area contributed by atoms with Crippen molar-refractivity contribution in [2.75, 3.05) is 26.2 Å². The molecule has 2 aromatic rings. The molecule has 1 atom stereocenters. The van der Waals surface area contributed by atoms with Crippen LogP contribution in [0.1, 0.15) is 37.0 Å².